The summed E-state index contributed by atoms with van der Waals surface area (Å²) >= 11 is 2.68. The minimum Gasteiger partial charge on any atom is -0.507 e. The number of benzene rings is 1. The van der Waals surface area contributed by atoms with Gasteiger partial charge < -0.3 is 10.8 Å². The summed E-state index contributed by atoms with van der Waals surface area (Å²) in [6, 6.07) is 6.95. The Morgan fingerprint density at radius 2 is 2.10 bits per heavy atom. The first-order chi connectivity index (χ1) is 9.69. The Morgan fingerprint density at radius 1 is 1.30 bits per heavy atom. The van der Waals surface area contributed by atoms with E-state index in [1.807, 2.05) is 12.3 Å². The van der Waals surface area contributed by atoms with Crippen molar-refractivity contribution in [2.45, 2.75) is 5.16 Å². The molecule has 0 unspecified atom stereocenters. The first-order valence-corrected chi connectivity index (χ1v) is 7.62. The highest BCUT2D eigenvalue weighted by atomic mass is 32.2. The van der Waals surface area contributed by atoms with Crippen LogP contribution in [0.1, 0.15) is 0 Å². The monoisotopic (exact) mass is 306 g/mol. The van der Waals surface area contributed by atoms with E-state index in [1.54, 1.807) is 18.2 Å². The van der Waals surface area contributed by atoms with Crippen LogP contribution in [-0.2, 0) is 0 Å². The summed E-state index contributed by atoms with van der Waals surface area (Å²) in [5, 5.41) is 23.8. The molecular formula is C11H10N6OS2. The molecule has 0 fully saturated rings. The highest BCUT2D eigenvalue weighted by Gasteiger charge is 2.15. The standard InChI is InChI=1S/C11H10N6OS2/c1-19-10-13-9(12)17(16-10)11-15-14-8(20-11)6-4-2-3-5-7(6)18/h2-5,18H,1H3,(H2,12,13,16). The van der Waals surface area contributed by atoms with Crippen molar-refractivity contribution in [3.63, 3.8) is 0 Å². The van der Waals surface area contributed by atoms with Crippen LogP contribution in [0.25, 0.3) is 15.7 Å². The zero-order valence-electron chi connectivity index (χ0n) is 10.4. The van der Waals surface area contributed by atoms with Crippen molar-refractivity contribution in [1.82, 2.24) is 25.0 Å². The Kier molecular flexibility index (Phi) is 3.28. The van der Waals surface area contributed by atoms with E-state index in [2.05, 4.69) is 20.3 Å². The predicted molar refractivity (Wildman–Crippen MR) is 78.1 cm³/mol. The fraction of sp³-hybridized carbons (Fsp3) is 0.0909. The quantitative estimate of drug-likeness (QED) is 0.711. The summed E-state index contributed by atoms with van der Waals surface area (Å²) in [6.45, 7) is 0. The lowest BCUT2D eigenvalue weighted by atomic mass is 10.2. The van der Waals surface area contributed by atoms with Gasteiger partial charge in [-0.3, -0.25) is 0 Å². The van der Waals surface area contributed by atoms with Crippen LogP contribution in [0.2, 0.25) is 0 Å². The van der Waals surface area contributed by atoms with Crippen LogP contribution in [0.15, 0.2) is 29.4 Å². The molecule has 0 saturated carbocycles. The third-order valence-corrected chi connectivity index (χ3v) is 4.00. The molecule has 2 aromatic heterocycles. The van der Waals surface area contributed by atoms with Gasteiger partial charge in [-0.2, -0.15) is 9.67 Å². The van der Waals surface area contributed by atoms with E-state index in [4.69, 9.17) is 5.73 Å². The Hall–Kier alpha value is -2.13. The van der Waals surface area contributed by atoms with Crippen LogP contribution >= 0.6 is 23.1 Å². The molecule has 3 N–H and O–H groups in total. The molecular weight excluding hydrogens is 296 g/mol. The number of para-hydroxylation sites is 1. The average Bonchev–Trinajstić information content (AvgIpc) is 3.05. The molecule has 0 amide bonds. The number of hydrogen-bond acceptors (Lipinski definition) is 8. The number of nitrogens with zero attached hydrogens (tertiary/aromatic N) is 5. The number of aromatic hydroxyl groups is 1. The average molecular weight is 306 g/mol. The van der Waals surface area contributed by atoms with Crippen molar-refractivity contribution in [3.05, 3.63) is 24.3 Å². The topological polar surface area (TPSA) is 103 Å². The maximum Gasteiger partial charge on any atom is 0.236 e. The smallest absolute Gasteiger partial charge is 0.236 e. The van der Waals surface area contributed by atoms with Crippen LogP contribution in [0.5, 0.6) is 5.75 Å². The Morgan fingerprint density at radius 3 is 2.80 bits per heavy atom. The number of rotatable bonds is 3. The molecule has 20 heavy (non-hydrogen) atoms. The number of thioether (sulfide) groups is 1. The van der Waals surface area contributed by atoms with Gasteiger partial charge in [0, 0.05) is 0 Å². The van der Waals surface area contributed by atoms with E-state index in [9.17, 15) is 5.11 Å². The third-order valence-electron chi connectivity index (χ3n) is 2.53. The Bertz CT molecular complexity index is 753. The second-order valence-corrected chi connectivity index (χ2v) is 5.50. The van der Waals surface area contributed by atoms with Crippen LogP contribution in [0.3, 0.4) is 0 Å². The van der Waals surface area contributed by atoms with Crippen molar-refractivity contribution < 1.29 is 5.11 Å². The molecule has 9 heteroatoms. The molecule has 3 aromatic rings. The molecule has 0 atom stereocenters. The first kappa shape index (κ1) is 12.9. The minimum atomic E-state index is 0.159. The lowest BCUT2D eigenvalue weighted by molar-refractivity contribution is 0.477. The third kappa shape index (κ3) is 2.21. The van der Waals surface area contributed by atoms with Gasteiger partial charge in [0.25, 0.3) is 0 Å². The molecule has 0 aliphatic rings. The van der Waals surface area contributed by atoms with Gasteiger partial charge in [-0.25, -0.2) is 0 Å². The van der Waals surface area contributed by atoms with Crippen molar-refractivity contribution in [2.75, 3.05) is 12.0 Å². The van der Waals surface area contributed by atoms with Crippen molar-refractivity contribution in [3.8, 4) is 21.5 Å². The van der Waals surface area contributed by atoms with Gasteiger partial charge in [-0.1, -0.05) is 35.2 Å². The molecule has 0 saturated heterocycles. The van der Waals surface area contributed by atoms with Gasteiger partial charge in [0.2, 0.25) is 16.2 Å². The highest BCUT2D eigenvalue weighted by Crippen LogP contribution is 2.32. The maximum atomic E-state index is 9.82. The summed E-state index contributed by atoms with van der Waals surface area (Å²) in [7, 11) is 0. The van der Waals surface area contributed by atoms with Gasteiger partial charge in [0.15, 0.2) is 5.01 Å². The summed E-state index contributed by atoms with van der Waals surface area (Å²) in [4.78, 5) is 4.09. The van der Waals surface area contributed by atoms with Gasteiger partial charge in [0.1, 0.15) is 5.75 Å². The molecule has 3 rings (SSSR count). The molecule has 102 valence electrons. The van der Waals surface area contributed by atoms with E-state index in [0.717, 1.165) is 0 Å². The van der Waals surface area contributed by atoms with Crippen molar-refractivity contribution in [1.29, 1.82) is 0 Å². The van der Waals surface area contributed by atoms with Crippen LogP contribution in [0, 0.1) is 0 Å². The fourth-order valence-corrected chi connectivity index (χ4v) is 2.78. The summed E-state index contributed by atoms with van der Waals surface area (Å²) in [6.07, 6.45) is 1.87. The summed E-state index contributed by atoms with van der Waals surface area (Å²) < 4.78 is 1.44. The molecule has 1 aromatic carbocycles. The lowest BCUT2D eigenvalue weighted by Crippen LogP contribution is -2.01. The van der Waals surface area contributed by atoms with Crippen molar-refractivity contribution >= 4 is 29.0 Å². The Labute approximate surface area is 122 Å². The second-order valence-electron chi connectivity index (χ2n) is 3.78. The first-order valence-electron chi connectivity index (χ1n) is 5.58. The number of hydrogen-bond donors (Lipinski definition) is 2. The molecule has 7 nitrogen and oxygen atoms in total. The zero-order chi connectivity index (χ0) is 14.1. The molecule has 0 aliphatic carbocycles. The van der Waals surface area contributed by atoms with Gasteiger partial charge in [0.05, 0.1) is 5.56 Å². The van der Waals surface area contributed by atoms with E-state index >= 15 is 0 Å². The van der Waals surface area contributed by atoms with E-state index < -0.39 is 0 Å². The minimum absolute atomic E-state index is 0.159. The normalized spacial score (nSPS) is 10.8. The maximum absolute atomic E-state index is 9.82. The van der Waals surface area contributed by atoms with Crippen LogP contribution < -0.4 is 5.73 Å². The molecule has 0 radical (unpaired) electrons. The number of phenols is 1. The highest BCUT2D eigenvalue weighted by molar-refractivity contribution is 7.98. The van der Waals surface area contributed by atoms with Crippen molar-refractivity contribution in [2.24, 2.45) is 0 Å². The summed E-state index contributed by atoms with van der Waals surface area (Å²) in [5.74, 6) is 0.417. The molecule has 2 heterocycles. The van der Waals surface area contributed by atoms with E-state index in [1.165, 1.54) is 27.8 Å². The largest absolute Gasteiger partial charge is 0.507 e. The fourth-order valence-electron chi connectivity index (χ4n) is 1.60. The number of nitrogen functional groups attached to an aromatic ring is 1. The van der Waals surface area contributed by atoms with Crippen LogP contribution in [0.4, 0.5) is 5.95 Å². The SMILES string of the molecule is CSc1nc(N)n(-c2nnc(-c3ccccc3O)s2)n1. The van der Waals surface area contributed by atoms with Gasteiger partial charge >= 0.3 is 0 Å². The van der Waals surface area contributed by atoms with E-state index in [0.29, 0.717) is 20.9 Å². The van der Waals surface area contributed by atoms with Crippen LogP contribution in [-0.4, -0.2) is 36.3 Å². The number of phenolic OH excluding ortho intramolecular Hbond substituents is 1. The molecule has 0 spiro atoms. The Balaban J connectivity index is 2.02. The molecule has 0 bridgehead atoms. The van der Waals surface area contributed by atoms with E-state index in [-0.39, 0.29) is 11.7 Å². The summed E-state index contributed by atoms with van der Waals surface area (Å²) in [5.41, 5.74) is 6.42. The number of anilines is 1. The number of aromatic nitrogens is 5. The molecule has 0 aliphatic heterocycles. The zero-order valence-corrected chi connectivity index (χ0v) is 12.0. The van der Waals surface area contributed by atoms with Gasteiger partial charge in [-0.05, 0) is 18.4 Å². The second kappa shape index (κ2) is 5.10. The number of nitrogens with two attached hydrogens (primary N) is 1. The lowest BCUT2D eigenvalue weighted by Gasteiger charge is -1.97. The van der Waals surface area contributed by atoms with Gasteiger partial charge in [-0.15, -0.1) is 15.3 Å². The predicted octanol–water partition coefficient (Wildman–Crippen LogP) is 1.80.